The molecule has 3 nitrogen and oxygen atoms in total. The zero-order chi connectivity index (χ0) is 12.1. The molecule has 1 heterocycles. The van der Waals surface area contributed by atoms with Crippen molar-refractivity contribution in [3.63, 3.8) is 0 Å². The number of hydrogen-bond acceptors (Lipinski definition) is 3. The summed E-state index contributed by atoms with van der Waals surface area (Å²) in [5.41, 5.74) is 1.37. The fraction of sp³-hybridized carbons (Fsp3) is 0.571. The Labute approximate surface area is 115 Å². The van der Waals surface area contributed by atoms with Crippen LogP contribution in [0.2, 0.25) is 0 Å². The van der Waals surface area contributed by atoms with E-state index in [0.717, 1.165) is 26.2 Å². The monoisotopic (exact) mass is 270 g/mol. The molecule has 1 aromatic rings. The van der Waals surface area contributed by atoms with E-state index < -0.39 is 0 Å². The number of benzene rings is 1. The van der Waals surface area contributed by atoms with Gasteiger partial charge in [0.15, 0.2) is 0 Å². The number of β-amino-alcohol motifs (C(OH)–C–C–N with tert-alkyl or cyclic N) is 1. The number of halogens is 1. The Balaban J connectivity index is 0.00000162. The maximum absolute atomic E-state index is 9.67. The van der Waals surface area contributed by atoms with Gasteiger partial charge >= 0.3 is 0 Å². The molecule has 0 bridgehead atoms. The lowest BCUT2D eigenvalue weighted by Crippen LogP contribution is -2.32. The highest BCUT2D eigenvalue weighted by atomic mass is 35.5. The highest BCUT2D eigenvalue weighted by Crippen LogP contribution is 2.13. The summed E-state index contributed by atoms with van der Waals surface area (Å²) < 4.78 is 0. The molecule has 1 aliphatic heterocycles. The first-order chi connectivity index (χ1) is 8.27. The Morgan fingerprint density at radius 3 is 2.67 bits per heavy atom. The summed E-state index contributed by atoms with van der Waals surface area (Å²) in [6.07, 6.45) is -0.186. The lowest BCUT2D eigenvalue weighted by Gasteiger charge is -2.17. The van der Waals surface area contributed by atoms with Crippen LogP contribution in [0.4, 0.5) is 0 Å². The van der Waals surface area contributed by atoms with Crippen molar-refractivity contribution in [3.8, 4) is 0 Å². The lowest BCUT2D eigenvalue weighted by molar-refractivity contribution is 0.146. The molecule has 0 saturated carbocycles. The maximum atomic E-state index is 9.67. The second-order valence-electron chi connectivity index (χ2n) is 4.96. The van der Waals surface area contributed by atoms with Gasteiger partial charge in [-0.2, -0.15) is 0 Å². The Morgan fingerprint density at radius 2 is 2.06 bits per heavy atom. The first kappa shape index (κ1) is 15.4. The predicted molar refractivity (Wildman–Crippen MR) is 77.3 cm³/mol. The summed E-state index contributed by atoms with van der Waals surface area (Å²) in [6.45, 7) is 5.75. The van der Waals surface area contributed by atoms with Crippen LogP contribution in [-0.4, -0.2) is 37.4 Å². The van der Waals surface area contributed by atoms with E-state index in [0.29, 0.717) is 11.8 Å². The number of hydrogen-bond donors (Lipinski definition) is 3. The highest BCUT2D eigenvalue weighted by molar-refractivity contribution is 5.85. The van der Waals surface area contributed by atoms with Gasteiger partial charge in [-0.15, -0.1) is 12.4 Å². The van der Waals surface area contributed by atoms with Gasteiger partial charge in [0, 0.05) is 32.1 Å². The number of aliphatic hydroxyl groups is 1. The lowest BCUT2D eigenvalue weighted by atomic mass is 10.0. The third-order valence-electron chi connectivity index (χ3n) is 3.53. The summed E-state index contributed by atoms with van der Waals surface area (Å²) in [4.78, 5) is 0. The molecule has 2 rings (SSSR count). The van der Waals surface area contributed by atoms with Gasteiger partial charge in [-0.1, -0.05) is 37.3 Å². The van der Waals surface area contributed by atoms with E-state index in [1.165, 1.54) is 5.56 Å². The minimum absolute atomic E-state index is 0. The first-order valence-electron chi connectivity index (χ1n) is 6.42. The van der Waals surface area contributed by atoms with E-state index in [9.17, 15) is 5.11 Å². The Hall–Kier alpha value is -0.610. The van der Waals surface area contributed by atoms with Gasteiger partial charge in [0.1, 0.15) is 0 Å². The Bertz CT molecular complexity index is 334. The van der Waals surface area contributed by atoms with Crippen molar-refractivity contribution in [2.45, 2.75) is 18.9 Å². The van der Waals surface area contributed by atoms with E-state index in [4.69, 9.17) is 0 Å². The third-order valence-corrected chi connectivity index (χ3v) is 3.53. The minimum Gasteiger partial charge on any atom is -0.391 e. The minimum atomic E-state index is -0.186. The van der Waals surface area contributed by atoms with Crippen LogP contribution in [0.15, 0.2) is 30.3 Å². The molecular formula is C14H23ClN2O. The third kappa shape index (κ3) is 4.25. The van der Waals surface area contributed by atoms with E-state index in [1.54, 1.807) is 0 Å². The number of aliphatic hydroxyl groups excluding tert-OH is 1. The summed E-state index contributed by atoms with van der Waals surface area (Å²) in [7, 11) is 0. The molecule has 18 heavy (non-hydrogen) atoms. The van der Waals surface area contributed by atoms with E-state index in [1.807, 2.05) is 6.07 Å². The van der Waals surface area contributed by atoms with E-state index in [2.05, 4.69) is 41.8 Å². The zero-order valence-electron chi connectivity index (χ0n) is 10.8. The van der Waals surface area contributed by atoms with Crippen molar-refractivity contribution in [1.29, 1.82) is 0 Å². The molecule has 0 aromatic heterocycles. The fourth-order valence-electron chi connectivity index (χ4n) is 2.31. The molecule has 0 spiro atoms. The van der Waals surface area contributed by atoms with Crippen LogP contribution in [0.1, 0.15) is 18.4 Å². The van der Waals surface area contributed by atoms with Crippen LogP contribution in [0.25, 0.3) is 0 Å². The molecule has 0 amide bonds. The van der Waals surface area contributed by atoms with Gasteiger partial charge in [-0.3, -0.25) is 0 Å². The number of rotatable bonds is 5. The van der Waals surface area contributed by atoms with Gasteiger partial charge in [0.25, 0.3) is 0 Å². The fourth-order valence-corrected chi connectivity index (χ4v) is 2.31. The number of nitrogens with one attached hydrogen (secondary N) is 2. The van der Waals surface area contributed by atoms with E-state index >= 15 is 0 Å². The van der Waals surface area contributed by atoms with Crippen molar-refractivity contribution < 1.29 is 5.11 Å². The molecule has 102 valence electrons. The van der Waals surface area contributed by atoms with Gasteiger partial charge in [-0.05, 0) is 11.5 Å². The average Bonchev–Trinajstić information content (AvgIpc) is 2.76. The topological polar surface area (TPSA) is 44.3 Å². The Kier molecular flexibility index (Phi) is 6.65. The molecule has 3 N–H and O–H groups in total. The van der Waals surface area contributed by atoms with Crippen LogP contribution in [-0.2, 0) is 0 Å². The van der Waals surface area contributed by atoms with Crippen molar-refractivity contribution >= 4 is 12.4 Å². The smallest absolute Gasteiger partial charge is 0.0716 e. The quantitative estimate of drug-likeness (QED) is 0.758. The molecule has 0 radical (unpaired) electrons. The average molecular weight is 271 g/mol. The second kappa shape index (κ2) is 7.74. The van der Waals surface area contributed by atoms with Crippen molar-refractivity contribution in [3.05, 3.63) is 35.9 Å². The normalized spacial score (nSPS) is 24.6. The summed E-state index contributed by atoms with van der Waals surface area (Å²) in [6, 6.07) is 10.5. The predicted octanol–water partition coefficient (Wildman–Crippen LogP) is 1.38. The first-order valence-corrected chi connectivity index (χ1v) is 6.42. The zero-order valence-corrected chi connectivity index (χ0v) is 11.6. The largest absolute Gasteiger partial charge is 0.391 e. The van der Waals surface area contributed by atoms with Crippen LogP contribution in [0, 0.1) is 5.92 Å². The molecule has 3 unspecified atom stereocenters. The van der Waals surface area contributed by atoms with Crippen molar-refractivity contribution in [2.24, 2.45) is 5.92 Å². The van der Waals surface area contributed by atoms with Crippen LogP contribution in [0.3, 0.4) is 0 Å². The molecule has 1 saturated heterocycles. The van der Waals surface area contributed by atoms with Crippen LogP contribution >= 0.6 is 12.4 Å². The van der Waals surface area contributed by atoms with Crippen molar-refractivity contribution in [2.75, 3.05) is 26.2 Å². The van der Waals surface area contributed by atoms with Gasteiger partial charge in [0.2, 0.25) is 0 Å². The summed E-state index contributed by atoms with van der Waals surface area (Å²) >= 11 is 0. The van der Waals surface area contributed by atoms with Crippen LogP contribution in [0.5, 0.6) is 0 Å². The van der Waals surface area contributed by atoms with Gasteiger partial charge < -0.3 is 15.7 Å². The van der Waals surface area contributed by atoms with Gasteiger partial charge in [0.05, 0.1) is 6.10 Å². The molecule has 1 fully saturated rings. The molecule has 0 aliphatic carbocycles. The van der Waals surface area contributed by atoms with E-state index in [-0.39, 0.29) is 18.5 Å². The van der Waals surface area contributed by atoms with Crippen molar-refractivity contribution in [1.82, 2.24) is 10.6 Å². The van der Waals surface area contributed by atoms with Gasteiger partial charge in [-0.25, -0.2) is 0 Å². The molecular weight excluding hydrogens is 248 g/mol. The standard InChI is InChI=1S/C14H22N2O.ClH/c1-11(12-5-3-2-4-6-12)7-15-8-13-9-16-10-14(13)17;/h2-6,11,13-17H,7-10H2,1H3;1H. The highest BCUT2D eigenvalue weighted by Gasteiger charge is 2.24. The Morgan fingerprint density at radius 1 is 1.33 bits per heavy atom. The molecule has 1 aliphatic rings. The second-order valence-corrected chi connectivity index (χ2v) is 4.96. The summed E-state index contributed by atoms with van der Waals surface area (Å²) in [5, 5.41) is 16.3. The molecule has 3 atom stereocenters. The van der Waals surface area contributed by atoms with Crippen LogP contribution < -0.4 is 10.6 Å². The maximum Gasteiger partial charge on any atom is 0.0716 e. The SMILES string of the molecule is CC(CNCC1CNCC1O)c1ccccc1.Cl. The summed E-state index contributed by atoms with van der Waals surface area (Å²) in [5.74, 6) is 0.876. The molecule has 1 aromatic carbocycles. The molecule has 4 heteroatoms.